The van der Waals surface area contributed by atoms with E-state index in [0.717, 1.165) is 0 Å². The molecule has 4 N–H and O–H groups in total. The maximum Gasteiger partial charge on any atom is 0.488 e. The summed E-state index contributed by atoms with van der Waals surface area (Å²) in [5.41, 5.74) is -1.26. The fraction of sp³-hybridized carbons (Fsp3) is 0. The second-order valence-electron chi connectivity index (χ2n) is 5.80. The third-order valence-electron chi connectivity index (χ3n) is 4.37. The zero-order valence-electron chi connectivity index (χ0n) is 12.2. The molecule has 0 bridgehead atoms. The normalized spacial score (nSPS) is 11.7. The Morgan fingerprint density at radius 3 is 1.33 bits per heavy atom. The van der Waals surface area contributed by atoms with Crippen molar-refractivity contribution < 1.29 is 20.1 Å². The molecule has 0 radical (unpaired) electrons. The van der Waals surface area contributed by atoms with Gasteiger partial charge in [0.05, 0.1) is 0 Å². The van der Waals surface area contributed by atoms with Gasteiger partial charge >= 0.3 is 14.2 Å². The predicted octanol–water partition coefficient (Wildman–Crippen LogP) is -1.90. The molecule has 0 fully saturated rings. The Labute approximate surface area is 135 Å². The molecule has 0 saturated carbocycles. The molecule has 0 amide bonds. The number of hydrogen-bond donors (Lipinski definition) is 4. The fourth-order valence-corrected chi connectivity index (χ4v) is 3.28. The number of rotatable bonds is 2. The molecule has 0 aliphatic carbocycles. The molecule has 4 aromatic rings. The van der Waals surface area contributed by atoms with Crippen molar-refractivity contribution in [1.29, 1.82) is 0 Å². The molecule has 0 aliphatic rings. The molecule has 0 unspecified atom stereocenters. The third kappa shape index (κ3) is 1.95. The first-order chi connectivity index (χ1) is 11.4. The maximum atomic E-state index is 12.5. The van der Waals surface area contributed by atoms with Gasteiger partial charge in [-0.05, 0) is 21.7 Å². The maximum absolute atomic E-state index is 12.5. The van der Waals surface area contributed by atoms with Crippen LogP contribution in [0.4, 0.5) is 0 Å². The van der Waals surface area contributed by atoms with Gasteiger partial charge in [-0.2, -0.15) is 0 Å². The molecular formula is C16H10B2O6. The van der Waals surface area contributed by atoms with Gasteiger partial charge in [0, 0.05) is 21.5 Å². The Morgan fingerprint density at radius 2 is 1.00 bits per heavy atom. The van der Waals surface area contributed by atoms with E-state index in [0.29, 0.717) is 21.5 Å². The van der Waals surface area contributed by atoms with Gasteiger partial charge in [0.25, 0.3) is 0 Å². The summed E-state index contributed by atoms with van der Waals surface area (Å²) >= 11 is 0. The average molecular weight is 320 g/mol. The second-order valence-corrected chi connectivity index (χ2v) is 5.80. The van der Waals surface area contributed by atoms with Crippen LogP contribution in [0, 0.1) is 0 Å². The molecule has 0 heterocycles. The van der Waals surface area contributed by atoms with E-state index in [1.807, 2.05) is 0 Å². The van der Waals surface area contributed by atoms with Crippen molar-refractivity contribution >= 4 is 57.5 Å². The van der Waals surface area contributed by atoms with Crippen LogP contribution in [0.3, 0.4) is 0 Å². The van der Waals surface area contributed by atoms with Crippen LogP contribution in [-0.4, -0.2) is 34.3 Å². The van der Waals surface area contributed by atoms with Gasteiger partial charge in [0.15, 0.2) is 0 Å². The molecule has 0 aromatic heterocycles. The van der Waals surface area contributed by atoms with Gasteiger partial charge in [-0.15, -0.1) is 0 Å². The Morgan fingerprint density at radius 1 is 0.625 bits per heavy atom. The highest BCUT2D eigenvalue weighted by Gasteiger charge is 2.21. The number of benzene rings is 4. The Kier molecular flexibility index (Phi) is 3.13. The number of hydrogen-bond acceptors (Lipinski definition) is 6. The summed E-state index contributed by atoms with van der Waals surface area (Å²) in [4.78, 5) is 24.9. The molecule has 0 saturated heterocycles. The predicted molar refractivity (Wildman–Crippen MR) is 93.5 cm³/mol. The lowest BCUT2D eigenvalue weighted by atomic mass is 9.75. The van der Waals surface area contributed by atoms with E-state index in [1.54, 1.807) is 24.3 Å². The van der Waals surface area contributed by atoms with E-state index in [-0.39, 0.29) is 21.7 Å². The van der Waals surface area contributed by atoms with Gasteiger partial charge in [-0.25, -0.2) is 0 Å². The molecule has 0 aliphatic heterocycles. The second kappa shape index (κ2) is 4.99. The van der Waals surface area contributed by atoms with Crippen LogP contribution in [0.5, 0.6) is 0 Å². The zero-order valence-corrected chi connectivity index (χ0v) is 12.2. The first-order valence-corrected chi connectivity index (χ1v) is 7.24. The fourth-order valence-electron chi connectivity index (χ4n) is 3.28. The molecule has 0 atom stereocenters. The molecule has 24 heavy (non-hydrogen) atoms. The topological polar surface area (TPSA) is 115 Å². The van der Waals surface area contributed by atoms with Crippen molar-refractivity contribution in [2.45, 2.75) is 0 Å². The van der Waals surface area contributed by atoms with Crippen LogP contribution < -0.4 is 21.8 Å². The van der Waals surface area contributed by atoms with Crippen molar-refractivity contribution in [2.24, 2.45) is 0 Å². The van der Waals surface area contributed by atoms with Crippen molar-refractivity contribution in [1.82, 2.24) is 0 Å². The summed E-state index contributed by atoms with van der Waals surface area (Å²) in [5.74, 6) is 0. The SMILES string of the molecule is O=c1c(=O)c2cc(B(O)O)cc3ccc4cc(B(O)O)cc1c4c32. The summed E-state index contributed by atoms with van der Waals surface area (Å²) in [6, 6.07) is 9.09. The monoisotopic (exact) mass is 320 g/mol. The molecule has 6 nitrogen and oxygen atoms in total. The first-order valence-electron chi connectivity index (χ1n) is 7.24. The summed E-state index contributed by atoms with van der Waals surface area (Å²) in [7, 11) is -3.50. The first kappa shape index (κ1) is 15.0. The van der Waals surface area contributed by atoms with Gasteiger partial charge in [-0.3, -0.25) is 9.59 Å². The molecule has 116 valence electrons. The minimum absolute atomic E-state index is 0.121. The standard InChI is InChI=1S/C16H10B2O6/c19-15-11-5-9(17(21)22)3-7-1-2-8-4-10(18(23)24)6-12(16(15)20)14(8)13(7)11/h1-6,21-24H. The van der Waals surface area contributed by atoms with E-state index in [9.17, 15) is 29.7 Å². The minimum Gasteiger partial charge on any atom is -0.423 e. The quantitative estimate of drug-likeness (QED) is 0.195. The minimum atomic E-state index is -1.75. The van der Waals surface area contributed by atoms with E-state index in [2.05, 4.69) is 0 Å². The van der Waals surface area contributed by atoms with Gasteiger partial charge in [0.2, 0.25) is 10.9 Å². The van der Waals surface area contributed by atoms with Gasteiger partial charge in [-0.1, -0.05) is 36.4 Å². The lowest BCUT2D eigenvalue weighted by molar-refractivity contribution is 0.424. The summed E-state index contributed by atoms with van der Waals surface area (Å²) in [6.45, 7) is 0. The largest absolute Gasteiger partial charge is 0.488 e. The molecule has 0 spiro atoms. The lowest BCUT2D eigenvalue weighted by Gasteiger charge is -2.12. The van der Waals surface area contributed by atoms with E-state index in [1.165, 1.54) is 12.1 Å². The van der Waals surface area contributed by atoms with E-state index in [4.69, 9.17) is 0 Å². The van der Waals surface area contributed by atoms with Crippen molar-refractivity contribution in [3.63, 3.8) is 0 Å². The van der Waals surface area contributed by atoms with Gasteiger partial charge < -0.3 is 20.1 Å². The Hall–Kier alpha value is -2.51. The smallest absolute Gasteiger partial charge is 0.423 e. The third-order valence-corrected chi connectivity index (χ3v) is 4.37. The Bertz CT molecular complexity index is 1110. The van der Waals surface area contributed by atoms with Crippen LogP contribution >= 0.6 is 0 Å². The molecule has 4 rings (SSSR count). The van der Waals surface area contributed by atoms with Crippen LogP contribution in [0.15, 0.2) is 46.0 Å². The van der Waals surface area contributed by atoms with E-state index >= 15 is 0 Å². The highest BCUT2D eigenvalue weighted by Crippen LogP contribution is 2.30. The Balaban J connectivity index is 2.32. The summed E-state index contributed by atoms with van der Waals surface area (Å²) in [5, 5.41) is 40.1. The van der Waals surface area contributed by atoms with Crippen LogP contribution in [0.2, 0.25) is 0 Å². The summed E-state index contributed by atoms with van der Waals surface area (Å²) in [6.07, 6.45) is 0. The van der Waals surface area contributed by atoms with Crippen molar-refractivity contribution in [3.05, 3.63) is 56.8 Å². The highest BCUT2D eigenvalue weighted by atomic mass is 16.4. The average Bonchev–Trinajstić information content (AvgIpc) is 2.56. The molecule has 4 aromatic carbocycles. The van der Waals surface area contributed by atoms with Crippen LogP contribution in [0.25, 0.3) is 32.3 Å². The highest BCUT2D eigenvalue weighted by molar-refractivity contribution is 6.60. The van der Waals surface area contributed by atoms with Crippen LogP contribution in [0.1, 0.15) is 0 Å². The van der Waals surface area contributed by atoms with Gasteiger partial charge in [0.1, 0.15) is 0 Å². The van der Waals surface area contributed by atoms with E-state index < -0.39 is 25.1 Å². The van der Waals surface area contributed by atoms with Crippen LogP contribution in [-0.2, 0) is 0 Å². The van der Waals surface area contributed by atoms with Crippen molar-refractivity contribution in [3.8, 4) is 0 Å². The summed E-state index contributed by atoms with van der Waals surface area (Å²) < 4.78 is 0. The zero-order chi connectivity index (χ0) is 17.2. The molecule has 8 heteroatoms. The van der Waals surface area contributed by atoms with Crippen molar-refractivity contribution in [2.75, 3.05) is 0 Å². The lowest BCUT2D eigenvalue weighted by Crippen LogP contribution is -2.33. The molecular weight excluding hydrogens is 310 g/mol.